The molecule has 2 aromatic carbocycles. The minimum absolute atomic E-state index is 0.181. The molecule has 0 heterocycles. The number of carbonyl (C=O) groups is 1. The minimum atomic E-state index is -0.596. The topological polar surface area (TPSA) is 38.3 Å². The Morgan fingerprint density at radius 2 is 1.82 bits per heavy atom. The van der Waals surface area contributed by atoms with Crippen molar-refractivity contribution in [3.05, 3.63) is 58.1 Å². The molecule has 0 fully saturated rings. The van der Waals surface area contributed by atoms with Crippen molar-refractivity contribution in [1.82, 2.24) is 0 Å². The Hall–Kier alpha value is -2.00. The van der Waals surface area contributed by atoms with E-state index in [0.29, 0.717) is 10.8 Å². The number of ether oxygens (including phenoxy) is 1. The Morgan fingerprint density at radius 3 is 2.45 bits per heavy atom. The molecule has 2 aromatic rings. The zero-order valence-corrected chi connectivity index (χ0v) is 14.0. The van der Waals surface area contributed by atoms with Crippen LogP contribution in [-0.2, 0) is 4.79 Å². The van der Waals surface area contributed by atoms with Crippen LogP contribution in [0.2, 0.25) is 5.02 Å². The predicted molar refractivity (Wildman–Crippen MR) is 90.8 cm³/mol. The summed E-state index contributed by atoms with van der Waals surface area (Å²) in [6, 6.07) is 11.3. The lowest BCUT2D eigenvalue weighted by Crippen LogP contribution is -2.30. The fraction of sp³-hybridized carbons (Fsp3) is 0.278. The summed E-state index contributed by atoms with van der Waals surface area (Å²) in [6.07, 6.45) is -0.596. The molecule has 116 valence electrons. The van der Waals surface area contributed by atoms with E-state index in [2.05, 4.69) is 5.32 Å². The van der Waals surface area contributed by atoms with E-state index in [1.807, 2.05) is 45.0 Å². The maximum absolute atomic E-state index is 12.2. The molecule has 3 nitrogen and oxygen atoms in total. The zero-order chi connectivity index (χ0) is 16.3. The van der Waals surface area contributed by atoms with Gasteiger partial charge in [0.1, 0.15) is 5.75 Å². The van der Waals surface area contributed by atoms with Gasteiger partial charge >= 0.3 is 0 Å². The average molecular weight is 318 g/mol. The molecule has 0 radical (unpaired) electrons. The van der Waals surface area contributed by atoms with Crippen LogP contribution in [0.3, 0.4) is 0 Å². The monoisotopic (exact) mass is 317 g/mol. The van der Waals surface area contributed by atoms with Crippen LogP contribution in [0.5, 0.6) is 5.75 Å². The predicted octanol–water partition coefficient (Wildman–Crippen LogP) is 4.67. The van der Waals surface area contributed by atoms with E-state index < -0.39 is 6.10 Å². The van der Waals surface area contributed by atoms with Gasteiger partial charge in [-0.2, -0.15) is 0 Å². The number of carbonyl (C=O) groups excluding carboxylic acids is 1. The van der Waals surface area contributed by atoms with E-state index >= 15 is 0 Å². The van der Waals surface area contributed by atoms with Gasteiger partial charge in [-0.25, -0.2) is 0 Å². The van der Waals surface area contributed by atoms with Crippen LogP contribution in [0.4, 0.5) is 5.69 Å². The van der Waals surface area contributed by atoms with Crippen molar-refractivity contribution in [2.45, 2.75) is 33.8 Å². The highest BCUT2D eigenvalue weighted by molar-refractivity contribution is 6.31. The van der Waals surface area contributed by atoms with Gasteiger partial charge in [0, 0.05) is 10.7 Å². The van der Waals surface area contributed by atoms with Crippen LogP contribution < -0.4 is 10.1 Å². The van der Waals surface area contributed by atoms with Crippen molar-refractivity contribution >= 4 is 23.2 Å². The third-order valence-corrected chi connectivity index (χ3v) is 3.88. The number of rotatable bonds is 4. The van der Waals surface area contributed by atoms with Crippen LogP contribution >= 0.6 is 11.6 Å². The molecule has 22 heavy (non-hydrogen) atoms. The third-order valence-electron chi connectivity index (χ3n) is 3.45. The van der Waals surface area contributed by atoms with Gasteiger partial charge in [-0.1, -0.05) is 29.3 Å². The third kappa shape index (κ3) is 4.01. The van der Waals surface area contributed by atoms with Crippen molar-refractivity contribution in [2.75, 3.05) is 5.32 Å². The van der Waals surface area contributed by atoms with Gasteiger partial charge in [-0.05, 0) is 63.1 Å². The molecular formula is C18H20ClNO2. The fourth-order valence-electron chi connectivity index (χ4n) is 2.14. The van der Waals surface area contributed by atoms with Crippen LogP contribution in [-0.4, -0.2) is 12.0 Å². The van der Waals surface area contributed by atoms with Crippen LogP contribution in [0.15, 0.2) is 36.4 Å². The van der Waals surface area contributed by atoms with Gasteiger partial charge in [0.05, 0.1) is 0 Å². The van der Waals surface area contributed by atoms with Gasteiger partial charge in [0.2, 0.25) is 0 Å². The van der Waals surface area contributed by atoms with Gasteiger partial charge in [0.25, 0.3) is 5.91 Å². The second-order valence-electron chi connectivity index (χ2n) is 5.48. The van der Waals surface area contributed by atoms with Crippen molar-refractivity contribution in [3.8, 4) is 5.75 Å². The number of benzene rings is 2. The highest BCUT2D eigenvalue weighted by Gasteiger charge is 2.16. The standard InChI is InChI=1S/C18H20ClNO2/c1-11-5-8-17(13(3)9-11)20-18(21)14(4)22-15-6-7-16(19)12(2)10-15/h5-10,14H,1-4H3,(H,20,21). The summed E-state index contributed by atoms with van der Waals surface area (Å²) in [5.41, 5.74) is 3.92. The van der Waals surface area contributed by atoms with Gasteiger partial charge in [-0.3, -0.25) is 4.79 Å². The molecule has 0 aliphatic rings. The molecule has 2 rings (SSSR count). The molecule has 0 aliphatic carbocycles. The lowest BCUT2D eigenvalue weighted by molar-refractivity contribution is -0.122. The number of anilines is 1. The molecule has 0 aliphatic heterocycles. The van der Waals surface area contributed by atoms with Crippen molar-refractivity contribution < 1.29 is 9.53 Å². The van der Waals surface area contributed by atoms with E-state index in [0.717, 1.165) is 22.4 Å². The first-order valence-corrected chi connectivity index (χ1v) is 7.55. The smallest absolute Gasteiger partial charge is 0.265 e. The van der Waals surface area contributed by atoms with E-state index in [1.54, 1.807) is 19.1 Å². The first kappa shape index (κ1) is 16.4. The molecule has 1 N–H and O–H groups in total. The first-order valence-electron chi connectivity index (χ1n) is 7.18. The molecule has 4 heteroatoms. The molecule has 1 unspecified atom stereocenters. The van der Waals surface area contributed by atoms with E-state index in [-0.39, 0.29) is 5.91 Å². The largest absolute Gasteiger partial charge is 0.481 e. The molecule has 0 spiro atoms. The molecule has 1 amide bonds. The van der Waals surface area contributed by atoms with Gasteiger partial charge in [-0.15, -0.1) is 0 Å². The summed E-state index contributed by atoms with van der Waals surface area (Å²) in [4.78, 5) is 12.2. The quantitative estimate of drug-likeness (QED) is 0.889. The van der Waals surface area contributed by atoms with E-state index in [4.69, 9.17) is 16.3 Å². The number of halogens is 1. The Bertz CT molecular complexity index is 697. The molecule has 1 atom stereocenters. The normalized spacial score (nSPS) is 11.9. The molecule has 0 bridgehead atoms. The summed E-state index contributed by atoms with van der Waals surface area (Å²) < 4.78 is 5.68. The summed E-state index contributed by atoms with van der Waals surface area (Å²) in [5.74, 6) is 0.449. The van der Waals surface area contributed by atoms with Gasteiger partial charge < -0.3 is 10.1 Å². The highest BCUT2D eigenvalue weighted by Crippen LogP contribution is 2.22. The van der Waals surface area contributed by atoms with Crippen molar-refractivity contribution in [1.29, 1.82) is 0 Å². The summed E-state index contributed by atoms with van der Waals surface area (Å²) in [5, 5.41) is 3.57. The number of aryl methyl sites for hydroxylation is 3. The number of hydrogen-bond acceptors (Lipinski definition) is 2. The second-order valence-corrected chi connectivity index (χ2v) is 5.89. The van der Waals surface area contributed by atoms with Crippen molar-refractivity contribution in [2.24, 2.45) is 0 Å². The summed E-state index contributed by atoms with van der Waals surface area (Å²) in [6.45, 7) is 7.61. The second kappa shape index (κ2) is 6.84. The molecule has 0 saturated carbocycles. The Balaban J connectivity index is 2.04. The summed E-state index contributed by atoms with van der Waals surface area (Å²) in [7, 11) is 0. The molecule has 0 aromatic heterocycles. The summed E-state index contributed by atoms with van der Waals surface area (Å²) >= 11 is 5.98. The number of nitrogens with one attached hydrogen (secondary N) is 1. The highest BCUT2D eigenvalue weighted by atomic mass is 35.5. The number of hydrogen-bond donors (Lipinski definition) is 1. The lowest BCUT2D eigenvalue weighted by atomic mass is 10.1. The lowest BCUT2D eigenvalue weighted by Gasteiger charge is -2.16. The SMILES string of the molecule is Cc1ccc(NC(=O)C(C)Oc2ccc(Cl)c(C)c2)c(C)c1. The maximum Gasteiger partial charge on any atom is 0.265 e. The van der Waals surface area contributed by atoms with E-state index in [9.17, 15) is 4.79 Å². The average Bonchev–Trinajstić information content (AvgIpc) is 2.45. The Labute approximate surface area is 136 Å². The maximum atomic E-state index is 12.2. The van der Waals surface area contributed by atoms with Crippen LogP contribution in [0.25, 0.3) is 0 Å². The molecule has 0 saturated heterocycles. The van der Waals surface area contributed by atoms with Crippen LogP contribution in [0.1, 0.15) is 23.6 Å². The van der Waals surface area contributed by atoms with Crippen LogP contribution in [0, 0.1) is 20.8 Å². The molecular weight excluding hydrogens is 298 g/mol. The van der Waals surface area contributed by atoms with Crippen molar-refractivity contribution in [3.63, 3.8) is 0 Å². The Morgan fingerprint density at radius 1 is 1.09 bits per heavy atom. The number of amides is 1. The fourth-order valence-corrected chi connectivity index (χ4v) is 2.25. The van der Waals surface area contributed by atoms with E-state index in [1.165, 1.54) is 0 Å². The zero-order valence-electron chi connectivity index (χ0n) is 13.2. The Kier molecular flexibility index (Phi) is 5.09. The van der Waals surface area contributed by atoms with Gasteiger partial charge in [0.15, 0.2) is 6.10 Å². The first-order chi connectivity index (χ1) is 10.4. The minimum Gasteiger partial charge on any atom is -0.481 e.